The molecule has 3 aromatic rings. The zero-order valence-corrected chi connectivity index (χ0v) is 14.3. The van der Waals surface area contributed by atoms with Gasteiger partial charge in [0.1, 0.15) is 11.5 Å². The van der Waals surface area contributed by atoms with Gasteiger partial charge in [0.25, 0.3) is 0 Å². The third-order valence-corrected chi connectivity index (χ3v) is 4.55. The highest BCUT2D eigenvalue weighted by molar-refractivity contribution is 6.31. The predicted octanol–water partition coefficient (Wildman–Crippen LogP) is 5.85. The summed E-state index contributed by atoms with van der Waals surface area (Å²) < 4.78 is 5.92. The largest absolute Gasteiger partial charge is 0.460 e. The Morgan fingerprint density at radius 2 is 1.65 bits per heavy atom. The second-order valence-electron chi connectivity index (χ2n) is 5.37. The van der Waals surface area contributed by atoms with E-state index in [1.54, 1.807) is 0 Å². The fourth-order valence-electron chi connectivity index (χ4n) is 2.45. The van der Waals surface area contributed by atoms with Gasteiger partial charge in [0.05, 0.1) is 6.54 Å². The fourth-order valence-corrected chi connectivity index (χ4v) is 2.83. The molecular formula is C19H17Cl2NO. The lowest BCUT2D eigenvalue weighted by molar-refractivity contribution is 0.493. The molecule has 118 valence electrons. The maximum Gasteiger partial charge on any atom is 0.134 e. The zero-order valence-electron chi connectivity index (χ0n) is 12.8. The van der Waals surface area contributed by atoms with Crippen molar-refractivity contribution in [1.82, 2.24) is 5.32 Å². The first kappa shape index (κ1) is 16.1. The minimum Gasteiger partial charge on any atom is -0.460 e. The van der Waals surface area contributed by atoms with Crippen LogP contribution in [0, 0.1) is 6.92 Å². The lowest BCUT2D eigenvalue weighted by Crippen LogP contribution is -2.12. The van der Waals surface area contributed by atoms with E-state index in [4.69, 9.17) is 27.6 Å². The van der Waals surface area contributed by atoms with E-state index in [-0.39, 0.29) is 0 Å². The van der Waals surface area contributed by atoms with Gasteiger partial charge < -0.3 is 9.73 Å². The second kappa shape index (κ2) is 7.22. The van der Waals surface area contributed by atoms with Gasteiger partial charge in [0, 0.05) is 22.2 Å². The fraction of sp³-hybridized carbons (Fsp3) is 0.158. The number of nitrogens with one attached hydrogen (secondary N) is 1. The first-order chi connectivity index (χ1) is 11.1. The number of hydrogen-bond donors (Lipinski definition) is 1. The van der Waals surface area contributed by atoms with E-state index < -0.39 is 0 Å². The second-order valence-corrected chi connectivity index (χ2v) is 6.19. The Morgan fingerprint density at radius 3 is 2.48 bits per heavy atom. The van der Waals surface area contributed by atoms with Crippen molar-refractivity contribution in [2.24, 2.45) is 0 Å². The van der Waals surface area contributed by atoms with Crippen LogP contribution in [0.5, 0.6) is 0 Å². The van der Waals surface area contributed by atoms with Gasteiger partial charge in [-0.05, 0) is 42.3 Å². The van der Waals surface area contributed by atoms with Gasteiger partial charge >= 0.3 is 0 Å². The van der Waals surface area contributed by atoms with Crippen LogP contribution in [0.1, 0.15) is 16.9 Å². The Labute approximate surface area is 146 Å². The molecule has 3 rings (SSSR count). The Morgan fingerprint density at radius 1 is 0.870 bits per heavy atom. The molecule has 0 saturated heterocycles. The van der Waals surface area contributed by atoms with Crippen molar-refractivity contribution in [3.63, 3.8) is 0 Å². The summed E-state index contributed by atoms with van der Waals surface area (Å²) in [4.78, 5) is 0. The van der Waals surface area contributed by atoms with Crippen molar-refractivity contribution in [3.8, 4) is 11.3 Å². The van der Waals surface area contributed by atoms with Gasteiger partial charge in [-0.25, -0.2) is 0 Å². The molecule has 1 aromatic heterocycles. The van der Waals surface area contributed by atoms with E-state index in [2.05, 4.69) is 5.32 Å². The molecule has 2 nitrogen and oxygen atoms in total. The minimum absolute atomic E-state index is 0.644. The number of furan rings is 1. The van der Waals surface area contributed by atoms with Gasteiger partial charge in [0.15, 0.2) is 0 Å². The molecule has 0 unspecified atom stereocenters. The molecule has 0 aliphatic rings. The van der Waals surface area contributed by atoms with Crippen LogP contribution >= 0.6 is 23.2 Å². The summed E-state index contributed by atoms with van der Waals surface area (Å²) in [5.74, 6) is 1.71. The van der Waals surface area contributed by atoms with E-state index in [1.807, 2.05) is 61.5 Å². The van der Waals surface area contributed by atoms with Crippen molar-refractivity contribution in [2.45, 2.75) is 20.0 Å². The van der Waals surface area contributed by atoms with Crippen LogP contribution in [0.2, 0.25) is 10.0 Å². The van der Waals surface area contributed by atoms with Crippen molar-refractivity contribution >= 4 is 23.2 Å². The quantitative estimate of drug-likeness (QED) is 0.627. The third kappa shape index (κ3) is 3.78. The highest BCUT2D eigenvalue weighted by Gasteiger charge is 2.09. The Kier molecular flexibility index (Phi) is 5.06. The predicted molar refractivity (Wildman–Crippen MR) is 95.9 cm³/mol. The van der Waals surface area contributed by atoms with Crippen LogP contribution in [-0.2, 0) is 13.1 Å². The minimum atomic E-state index is 0.644. The average molecular weight is 346 g/mol. The molecular weight excluding hydrogens is 329 g/mol. The molecule has 0 amide bonds. The maximum atomic E-state index is 6.17. The molecule has 0 aliphatic carbocycles. The van der Waals surface area contributed by atoms with Crippen LogP contribution in [-0.4, -0.2) is 0 Å². The lowest BCUT2D eigenvalue weighted by Gasteiger charge is -2.06. The summed E-state index contributed by atoms with van der Waals surface area (Å²) in [7, 11) is 0. The highest BCUT2D eigenvalue weighted by atomic mass is 35.5. The molecule has 1 N–H and O–H groups in total. The van der Waals surface area contributed by atoms with Crippen molar-refractivity contribution < 1.29 is 4.42 Å². The monoisotopic (exact) mass is 345 g/mol. The van der Waals surface area contributed by atoms with Crippen LogP contribution in [0.15, 0.2) is 59.0 Å². The molecule has 1 heterocycles. The molecule has 0 radical (unpaired) electrons. The maximum absolute atomic E-state index is 6.17. The van der Waals surface area contributed by atoms with Crippen LogP contribution < -0.4 is 5.32 Å². The summed E-state index contributed by atoms with van der Waals surface area (Å²) in [5.41, 5.74) is 3.13. The van der Waals surface area contributed by atoms with Gasteiger partial charge in [-0.1, -0.05) is 53.5 Å². The van der Waals surface area contributed by atoms with E-state index in [9.17, 15) is 0 Å². The van der Waals surface area contributed by atoms with Crippen molar-refractivity contribution in [3.05, 3.63) is 81.5 Å². The average Bonchev–Trinajstić information content (AvgIpc) is 3.00. The summed E-state index contributed by atoms with van der Waals surface area (Å²) in [6.07, 6.45) is 0. The molecule has 4 heteroatoms. The molecule has 0 aliphatic heterocycles. The lowest BCUT2D eigenvalue weighted by atomic mass is 10.1. The highest BCUT2D eigenvalue weighted by Crippen LogP contribution is 2.29. The van der Waals surface area contributed by atoms with E-state index in [0.29, 0.717) is 13.1 Å². The SMILES string of the molecule is Cc1c(Cl)cccc1-c1ccc(CNCc2ccccc2Cl)o1. The normalized spacial score (nSPS) is 10.9. The Bertz CT molecular complexity index is 811. The van der Waals surface area contributed by atoms with E-state index in [1.165, 1.54) is 0 Å². The van der Waals surface area contributed by atoms with Gasteiger partial charge in [-0.3, -0.25) is 0 Å². The van der Waals surface area contributed by atoms with Gasteiger partial charge in [-0.15, -0.1) is 0 Å². The molecule has 0 saturated carbocycles. The number of benzene rings is 2. The molecule has 0 bridgehead atoms. The summed E-state index contributed by atoms with van der Waals surface area (Å²) >= 11 is 12.3. The summed E-state index contributed by atoms with van der Waals surface area (Å²) in [6.45, 7) is 3.34. The summed E-state index contributed by atoms with van der Waals surface area (Å²) in [6, 6.07) is 17.6. The summed E-state index contributed by atoms with van der Waals surface area (Å²) in [5, 5.41) is 4.87. The van der Waals surface area contributed by atoms with Crippen molar-refractivity contribution in [1.29, 1.82) is 0 Å². The van der Waals surface area contributed by atoms with Crippen LogP contribution in [0.25, 0.3) is 11.3 Å². The van der Waals surface area contributed by atoms with E-state index in [0.717, 1.165) is 38.3 Å². The standard InChI is InChI=1S/C19H17Cl2NO/c1-13-16(6-4-8-17(13)20)19-10-9-15(23-19)12-22-11-14-5-2-3-7-18(14)21/h2-10,22H,11-12H2,1H3. The topological polar surface area (TPSA) is 25.2 Å². The number of halogens is 2. The molecule has 0 fully saturated rings. The van der Waals surface area contributed by atoms with Crippen LogP contribution in [0.3, 0.4) is 0 Å². The first-order valence-electron chi connectivity index (χ1n) is 7.43. The van der Waals surface area contributed by atoms with Gasteiger partial charge in [-0.2, -0.15) is 0 Å². The van der Waals surface area contributed by atoms with Crippen LogP contribution in [0.4, 0.5) is 0 Å². The number of rotatable bonds is 5. The molecule has 0 spiro atoms. The third-order valence-electron chi connectivity index (χ3n) is 3.77. The molecule has 0 atom stereocenters. The van der Waals surface area contributed by atoms with Crippen molar-refractivity contribution in [2.75, 3.05) is 0 Å². The molecule has 2 aromatic carbocycles. The first-order valence-corrected chi connectivity index (χ1v) is 8.19. The number of hydrogen-bond acceptors (Lipinski definition) is 2. The Balaban J connectivity index is 1.66. The zero-order chi connectivity index (χ0) is 16.2. The van der Waals surface area contributed by atoms with Gasteiger partial charge in [0.2, 0.25) is 0 Å². The van der Waals surface area contributed by atoms with E-state index >= 15 is 0 Å². The molecule has 23 heavy (non-hydrogen) atoms. The Hall–Kier alpha value is -1.74. The smallest absolute Gasteiger partial charge is 0.134 e.